The van der Waals surface area contributed by atoms with Gasteiger partial charge in [0.05, 0.1) is 11.6 Å². The fourth-order valence-electron chi connectivity index (χ4n) is 3.89. The van der Waals surface area contributed by atoms with Crippen LogP contribution >= 0.6 is 23.8 Å². The molecule has 0 saturated carbocycles. The van der Waals surface area contributed by atoms with Crippen molar-refractivity contribution in [3.63, 3.8) is 0 Å². The van der Waals surface area contributed by atoms with Crippen molar-refractivity contribution in [3.8, 4) is 11.4 Å². The van der Waals surface area contributed by atoms with Crippen LogP contribution in [0.15, 0.2) is 58.8 Å². The average molecular weight is 467 g/mol. The SMILES string of the molecule is CCc1ccc(-c2noc(C3=C(C)N(CC(C)C)C(=S)NC3c3ccc(Cl)cc3)n2)cc1. The van der Waals surface area contributed by atoms with E-state index < -0.39 is 0 Å². The van der Waals surface area contributed by atoms with E-state index in [9.17, 15) is 0 Å². The van der Waals surface area contributed by atoms with Crippen LogP contribution in [0.5, 0.6) is 0 Å². The Morgan fingerprint density at radius 1 is 1.12 bits per heavy atom. The van der Waals surface area contributed by atoms with Crippen molar-refractivity contribution >= 4 is 34.5 Å². The lowest BCUT2D eigenvalue weighted by Crippen LogP contribution is -2.47. The molecule has 4 rings (SSSR count). The summed E-state index contributed by atoms with van der Waals surface area (Å²) in [4.78, 5) is 6.88. The number of hydrogen-bond donors (Lipinski definition) is 1. The van der Waals surface area contributed by atoms with E-state index in [1.54, 1.807) is 0 Å². The van der Waals surface area contributed by atoms with Crippen LogP contribution in [0, 0.1) is 5.92 Å². The van der Waals surface area contributed by atoms with Crippen molar-refractivity contribution in [3.05, 3.63) is 76.3 Å². The molecule has 0 bridgehead atoms. The molecule has 3 aromatic rings. The third kappa shape index (κ3) is 4.57. The molecule has 1 atom stereocenters. The van der Waals surface area contributed by atoms with Gasteiger partial charge in [-0.1, -0.05) is 73.9 Å². The van der Waals surface area contributed by atoms with Crippen molar-refractivity contribution < 1.29 is 4.52 Å². The zero-order valence-electron chi connectivity index (χ0n) is 18.7. The van der Waals surface area contributed by atoms with Crippen LogP contribution in [0.4, 0.5) is 0 Å². The lowest BCUT2D eigenvalue weighted by atomic mass is 9.94. The maximum absolute atomic E-state index is 6.13. The fraction of sp³-hybridized carbons (Fsp3) is 0.320. The van der Waals surface area contributed by atoms with Gasteiger partial charge < -0.3 is 14.7 Å². The minimum Gasteiger partial charge on any atom is -0.351 e. The molecular formula is C25H27ClN4OS. The van der Waals surface area contributed by atoms with E-state index in [0.717, 1.165) is 35.4 Å². The standard InChI is InChI=1S/C25H27ClN4OS/c1-5-17-6-8-19(9-7-17)23-28-24(31-29-23)21-16(4)30(14-15(2)3)25(32)27-22(21)18-10-12-20(26)13-11-18/h6-13,15,22H,5,14H2,1-4H3,(H,27,32). The summed E-state index contributed by atoms with van der Waals surface area (Å²) in [6.07, 6.45) is 0.990. The Kier molecular flexibility index (Phi) is 6.63. The Bertz CT molecular complexity index is 1140. The molecule has 2 heterocycles. The van der Waals surface area contributed by atoms with Gasteiger partial charge in [0.25, 0.3) is 5.89 Å². The molecule has 2 aromatic carbocycles. The van der Waals surface area contributed by atoms with Crippen molar-refractivity contribution in [2.24, 2.45) is 5.92 Å². The molecule has 5 nitrogen and oxygen atoms in total. The van der Waals surface area contributed by atoms with Crippen LogP contribution in [-0.2, 0) is 6.42 Å². The summed E-state index contributed by atoms with van der Waals surface area (Å²) < 4.78 is 5.79. The molecule has 1 unspecified atom stereocenters. The van der Waals surface area contributed by atoms with Gasteiger partial charge in [-0.25, -0.2) is 0 Å². The van der Waals surface area contributed by atoms with Gasteiger partial charge in [0.1, 0.15) is 0 Å². The molecule has 1 aromatic heterocycles. The van der Waals surface area contributed by atoms with Gasteiger partial charge >= 0.3 is 0 Å². The van der Waals surface area contributed by atoms with Crippen LogP contribution in [0.2, 0.25) is 5.02 Å². The van der Waals surface area contributed by atoms with Crippen LogP contribution in [0.25, 0.3) is 17.0 Å². The molecule has 0 radical (unpaired) electrons. The zero-order valence-corrected chi connectivity index (χ0v) is 20.3. The van der Waals surface area contributed by atoms with Crippen LogP contribution in [0.1, 0.15) is 50.8 Å². The fourth-order valence-corrected chi connectivity index (χ4v) is 4.34. The average Bonchev–Trinajstić information content (AvgIpc) is 3.26. The molecule has 0 spiro atoms. The predicted molar refractivity (Wildman–Crippen MR) is 133 cm³/mol. The van der Waals surface area contributed by atoms with E-state index in [4.69, 9.17) is 33.3 Å². The number of halogens is 1. The molecular weight excluding hydrogens is 440 g/mol. The van der Waals surface area contributed by atoms with Gasteiger partial charge in [-0.05, 0) is 54.7 Å². The molecule has 0 aliphatic carbocycles. The minimum atomic E-state index is -0.209. The highest BCUT2D eigenvalue weighted by atomic mass is 35.5. The second-order valence-electron chi connectivity index (χ2n) is 8.41. The van der Waals surface area contributed by atoms with Crippen molar-refractivity contribution in [2.45, 2.75) is 40.2 Å². The molecule has 1 N–H and O–H groups in total. The highest BCUT2D eigenvalue weighted by Gasteiger charge is 2.34. The third-order valence-corrected chi connectivity index (χ3v) is 6.21. The van der Waals surface area contributed by atoms with E-state index in [-0.39, 0.29) is 6.04 Å². The Hall–Kier alpha value is -2.70. The van der Waals surface area contributed by atoms with Gasteiger partial charge in [0, 0.05) is 22.8 Å². The van der Waals surface area contributed by atoms with Gasteiger partial charge in [-0.2, -0.15) is 4.98 Å². The van der Waals surface area contributed by atoms with Crippen molar-refractivity contribution in [1.29, 1.82) is 0 Å². The van der Waals surface area contributed by atoms with E-state index >= 15 is 0 Å². The van der Waals surface area contributed by atoms with E-state index in [2.05, 4.69) is 55.2 Å². The zero-order chi connectivity index (χ0) is 22.8. The van der Waals surface area contributed by atoms with E-state index in [1.807, 2.05) is 36.4 Å². The third-order valence-electron chi connectivity index (χ3n) is 5.62. The summed E-state index contributed by atoms with van der Waals surface area (Å²) in [5.74, 6) is 1.50. The number of hydrogen-bond acceptors (Lipinski definition) is 4. The number of aromatic nitrogens is 2. The smallest absolute Gasteiger partial charge is 0.258 e. The number of aryl methyl sites for hydroxylation is 1. The maximum atomic E-state index is 6.13. The van der Waals surface area contributed by atoms with Gasteiger partial charge in [0.2, 0.25) is 5.82 Å². The summed E-state index contributed by atoms with van der Waals surface area (Å²) in [6, 6.07) is 15.8. The first-order chi connectivity index (χ1) is 15.4. The molecule has 1 aliphatic heterocycles. The number of benzene rings is 2. The Balaban J connectivity index is 1.78. The van der Waals surface area contributed by atoms with Gasteiger partial charge in [-0.15, -0.1) is 0 Å². The maximum Gasteiger partial charge on any atom is 0.258 e. The highest BCUT2D eigenvalue weighted by Crippen LogP contribution is 2.38. The minimum absolute atomic E-state index is 0.209. The first-order valence-corrected chi connectivity index (χ1v) is 11.6. The largest absolute Gasteiger partial charge is 0.351 e. The highest BCUT2D eigenvalue weighted by molar-refractivity contribution is 7.80. The van der Waals surface area contributed by atoms with Crippen LogP contribution in [-0.4, -0.2) is 26.7 Å². The summed E-state index contributed by atoms with van der Waals surface area (Å²) in [6.45, 7) is 9.34. The summed E-state index contributed by atoms with van der Waals surface area (Å²) in [5, 5.41) is 9.13. The van der Waals surface area contributed by atoms with Crippen LogP contribution in [0.3, 0.4) is 0 Å². The van der Waals surface area contributed by atoms with Gasteiger partial charge in [-0.3, -0.25) is 0 Å². The number of nitrogens with one attached hydrogen (secondary N) is 1. The lowest BCUT2D eigenvalue weighted by molar-refractivity contribution is 0.386. The molecule has 32 heavy (non-hydrogen) atoms. The van der Waals surface area contributed by atoms with E-state index in [0.29, 0.717) is 27.8 Å². The Morgan fingerprint density at radius 3 is 2.44 bits per heavy atom. The topological polar surface area (TPSA) is 54.2 Å². The number of nitrogens with zero attached hydrogens (tertiary/aromatic N) is 3. The molecule has 1 aliphatic rings. The Morgan fingerprint density at radius 2 is 1.81 bits per heavy atom. The summed E-state index contributed by atoms with van der Waals surface area (Å²) in [5.41, 5.74) is 5.16. The van der Waals surface area contributed by atoms with Crippen molar-refractivity contribution in [2.75, 3.05) is 6.54 Å². The summed E-state index contributed by atoms with van der Waals surface area (Å²) >= 11 is 11.8. The van der Waals surface area contributed by atoms with Crippen molar-refractivity contribution in [1.82, 2.24) is 20.4 Å². The van der Waals surface area contributed by atoms with Gasteiger partial charge in [0.15, 0.2) is 5.11 Å². The first kappa shape index (κ1) is 22.5. The lowest BCUT2D eigenvalue weighted by Gasteiger charge is -2.38. The number of allylic oxidation sites excluding steroid dienone is 1. The van der Waals surface area contributed by atoms with E-state index in [1.165, 1.54) is 5.56 Å². The quantitative estimate of drug-likeness (QED) is 0.432. The number of thiocarbonyl (C=S) groups is 1. The van der Waals surface area contributed by atoms with Crippen LogP contribution < -0.4 is 5.32 Å². The molecule has 166 valence electrons. The molecule has 0 fully saturated rings. The monoisotopic (exact) mass is 466 g/mol. The molecule has 7 heteroatoms. The second kappa shape index (κ2) is 9.43. The normalized spacial score (nSPS) is 16.6. The molecule has 0 saturated heterocycles. The number of rotatable bonds is 6. The molecule has 0 amide bonds. The summed E-state index contributed by atoms with van der Waals surface area (Å²) in [7, 11) is 0. The predicted octanol–water partition coefficient (Wildman–Crippen LogP) is 6.27. The Labute approximate surface area is 199 Å². The second-order valence-corrected chi connectivity index (χ2v) is 9.23. The first-order valence-electron chi connectivity index (χ1n) is 10.8.